The van der Waals surface area contributed by atoms with E-state index in [1.807, 2.05) is 18.7 Å². The van der Waals surface area contributed by atoms with E-state index in [0.29, 0.717) is 23.8 Å². The molecular weight excluding hydrogens is 368 g/mol. The second-order valence-corrected chi connectivity index (χ2v) is 11.2. The fourth-order valence-electron chi connectivity index (χ4n) is 4.39. The lowest BCUT2D eigenvalue weighted by atomic mass is 9.72. The first kappa shape index (κ1) is 21.4. The van der Waals surface area contributed by atoms with Crippen LogP contribution in [0.1, 0.15) is 74.0 Å². The normalized spacial score (nSPS) is 22.9. The van der Waals surface area contributed by atoms with Gasteiger partial charge in [-0.1, -0.05) is 34.6 Å². The lowest BCUT2D eigenvalue weighted by Crippen LogP contribution is -2.44. The Morgan fingerprint density at radius 1 is 1.29 bits per heavy atom. The molecule has 0 bridgehead atoms. The van der Waals surface area contributed by atoms with Gasteiger partial charge in [-0.3, -0.25) is 9.59 Å². The van der Waals surface area contributed by atoms with Crippen LogP contribution >= 0.6 is 11.3 Å². The fraction of sp³-hybridized carbons (Fsp3) is 0.739. The Kier molecular flexibility index (Phi) is 6.53. The van der Waals surface area contributed by atoms with Gasteiger partial charge in [-0.15, -0.1) is 11.3 Å². The predicted molar refractivity (Wildman–Crippen MR) is 116 cm³/mol. The van der Waals surface area contributed by atoms with Gasteiger partial charge < -0.3 is 10.2 Å². The van der Waals surface area contributed by atoms with E-state index in [9.17, 15) is 9.59 Å². The highest BCUT2D eigenvalue weighted by atomic mass is 32.1. The van der Waals surface area contributed by atoms with Gasteiger partial charge in [0.05, 0.1) is 4.88 Å². The van der Waals surface area contributed by atoms with Gasteiger partial charge in [0.15, 0.2) is 0 Å². The topological polar surface area (TPSA) is 49.4 Å². The van der Waals surface area contributed by atoms with Crippen LogP contribution < -0.4 is 5.32 Å². The van der Waals surface area contributed by atoms with Crippen molar-refractivity contribution in [1.82, 2.24) is 10.2 Å². The molecule has 5 heteroatoms. The highest BCUT2D eigenvalue weighted by molar-refractivity contribution is 7.14. The van der Waals surface area contributed by atoms with E-state index in [1.165, 1.54) is 16.9 Å². The Bertz CT molecular complexity index is 717. The number of carbonyl (C=O) groups excluding carboxylic acids is 2. The summed E-state index contributed by atoms with van der Waals surface area (Å²) in [7, 11) is 0. The molecule has 2 unspecified atom stereocenters. The second-order valence-electron chi connectivity index (χ2n) is 10.0. The fourth-order valence-corrected chi connectivity index (χ4v) is 5.57. The van der Waals surface area contributed by atoms with Gasteiger partial charge in [-0.2, -0.15) is 0 Å². The minimum Gasteiger partial charge on any atom is -0.356 e. The first-order chi connectivity index (χ1) is 13.1. The first-order valence-corrected chi connectivity index (χ1v) is 11.7. The SMILES string of the molecule is CC(C)C(=O)NCC1CCCN(C(=O)c2cc3c(s2)CCC(C(C)(C)C)C3)C1. The molecule has 1 aromatic heterocycles. The third-order valence-electron chi connectivity index (χ3n) is 6.41. The molecule has 4 nitrogen and oxygen atoms in total. The summed E-state index contributed by atoms with van der Waals surface area (Å²) in [5, 5.41) is 3.04. The van der Waals surface area contributed by atoms with Gasteiger partial charge >= 0.3 is 0 Å². The van der Waals surface area contributed by atoms with Gasteiger partial charge in [0.2, 0.25) is 5.91 Å². The van der Waals surface area contributed by atoms with E-state index in [2.05, 4.69) is 32.2 Å². The maximum absolute atomic E-state index is 13.1. The number of amides is 2. The number of rotatable bonds is 4. The molecule has 1 saturated heterocycles. The van der Waals surface area contributed by atoms with Crippen molar-refractivity contribution in [3.05, 3.63) is 21.4 Å². The highest BCUT2D eigenvalue weighted by Gasteiger charge is 2.32. The third kappa shape index (κ3) is 4.97. The molecule has 2 aliphatic rings. The Hall–Kier alpha value is -1.36. The summed E-state index contributed by atoms with van der Waals surface area (Å²) in [5.41, 5.74) is 1.72. The van der Waals surface area contributed by atoms with Gasteiger partial charge in [0.1, 0.15) is 0 Å². The van der Waals surface area contributed by atoms with Gasteiger partial charge in [-0.05, 0) is 61.0 Å². The van der Waals surface area contributed by atoms with Gasteiger partial charge in [0.25, 0.3) is 5.91 Å². The number of thiophene rings is 1. The van der Waals surface area contributed by atoms with Crippen LogP contribution in [0.15, 0.2) is 6.07 Å². The van der Waals surface area contributed by atoms with Gasteiger partial charge in [-0.25, -0.2) is 0 Å². The van der Waals surface area contributed by atoms with E-state index < -0.39 is 0 Å². The van der Waals surface area contributed by atoms with Crippen molar-refractivity contribution < 1.29 is 9.59 Å². The summed E-state index contributed by atoms with van der Waals surface area (Å²) in [6, 6.07) is 2.17. The van der Waals surface area contributed by atoms with Crippen LogP contribution in [-0.2, 0) is 17.6 Å². The summed E-state index contributed by atoms with van der Waals surface area (Å²) < 4.78 is 0. The Morgan fingerprint density at radius 2 is 2.04 bits per heavy atom. The number of piperidine rings is 1. The molecule has 2 amide bonds. The van der Waals surface area contributed by atoms with E-state index in [4.69, 9.17) is 0 Å². The van der Waals surface area contributed by atoms with Crippen LogP contribution in [-0.4, -0.2) is 36.3 Å². The zero-order valence-corrected chi connectivity index (χ0v) is 19.0. The summed E-state index contributed by atoms with van der Waals surface area (Å²) in [6.45, 7) is 13.1. The highest BCUT2D eigenvalue weighted by Crippen LogP contribution is 2.40. The van der Waals surface area contributed by atoms with Crippen molar-refractivity contribution in [2.45, 2.75) is 66.7 Å². The standard InChI is InChI=1S/C23H36N2O2S/c1-15(2)21(26)24-13-16-7-6-10-25(14-16)22(27)20-12-17-11-18(23(3,4)5)8-9-19(17)28-20/h12,15-16,18H,6-11,13-14H2,1-5H3,(H,24,26). The Labute approximate surface area is 174 Å². The number of likely N-dealkylation sites (tertiary alicyclic amines) is 1. The molecule has 1 N–H and O–H groups in total. The number of nitrogens with one attached hydrogen (secondary N) is 1. The van der Waals surface area contributed by atoms with Crippen molar-refractivity contribution in [2.24, 2.45) is 23.2 Å². The summed E-state index contributed by atoms with van der Waals surface area (Å²) in [5.74, 6) is 1.35. The molecule has 2 heterocycles. The zero-order chi connectivity index (χ0) is 20.5. The van der Waals surface area contributed by atoms with E-state index >= 15 is 0 Å². The number of nitrogens with zero attached hydrogens (tertiary/aromatic N) is 1. The van der Waals surface area contributed by atoms with E-state index in [0.717, 1.165) is 43.6 Å². The first-order valence-electron chi connectivity index (χ1n) is 10.8. The van der Waals surface area contributed by atoms with Crippen molar-refractivity contribution in [2.75, 3.05) is 19.6 Å². The largest absolute Gasteiger partial charge is 0.356 e. The van der Waals surface area contributed by atoms with Crippen molar-refractivity contribution >= 4 is 23.2 Å². The summed E-state index contributed by atoms with van der Waals surface area (Å²) in [6.07, 6.45) is 5.54. The van der Waals surface area contributed by atoms with Crippen LogP contribution in [0.2, 0.25) is 0 Å². The molecule has 1 aromatic rings. The molecule has 1 aliphatic carbocycles. The molecule has 1 fully saturated rings. The Balaban J connectivity index is 1.61. The molecule has 0 radical (unpaired) electrons. The van der Waals surface area contributed by atoms with Gasteiger partial charge in [0, 0.05) is 30.4 Å². The maximum atomic E-state index is 13.1. The maximum Gasteiger partial charge on any atom is 0.263 e. The lowest BCUT2D eigenvalue weighted by Gasteiger charge is -2.33. The summed E-state index contributed by atoms with van der Waals surface area (Å²) >= 11 is 1.71. The van der Waals surface area contributed by atoms with Crippen LogP contribution in [0.3, 0.4) is 0 Å². The molecule has 0 aromatic carbocycles. The van der Waals surface area contributed by atoms with Crippen LogP contribution in [0.25, 0.3) is 0 Å². The lowest BCUT2D eigenvalue weighted by molar-refractivity contribution is -0.124. The number of fused-ring (bicyclic) bond motifs is 1. The molecular formula is C23H36N2O2S. The zero-order valence-electron chi connectivity index (χ0n) is 18.1. The van der Waals surface area contributed by atoms with Crippen LogP contribution in [0.5, 0.6) is 0 Å². The minimum atomic E-state index is 0.00990. The summed E-state index contributed by atoms with van der Waals surface area (Å²) in [4.78, 5) is 29.3. The molecule has 156 valence electrons. The molecule has 0 saturated carbocycles. The number of hydrogen-bond donors (Lipinski definition) is 1. The number of aryl methyl sites for hydroxylation is 1. The molecule has 2 atom stereocenters. The average molecular weight is 405 g/mol. The van der Waals surface area contributed by atoms with E-state index in [1.54, 1.807) is 11.3 Å². The van der Waals surface area contributed by atoms with Crippen LogP contribution in [0, 0.1) is 23.2 Å². The Morgan fingerprint density at radius 3 is 2.71 bits per heavy atom. The third-order valence-corrected chi connectivity index (χ3v) is 7.64. The molecule has 1 aliphatic heterocycles. The average Bonchev–Trinajstić information content (AvgIpc) is 3.08. The van der Waals surface area contributed by atoms with Crippen molar-refractivity contribution in [1.29, 1.82) is 0 Å². The smallest absolute Gasteiger partial charge is 0.263 e. The number of hydrogen-bond acceptors (Lipinski definition) is 3. The molecule has 28 heavy (non-hydrogen) atoms. The monoisotopic (exact) mass is 404 g/mol. The van der Waals surface area contributed by atoms with Crippen LogP contribution in [0.4, 0.5) is 0 Å². The second kappa shape index (κ2) is 8.56. The predicted octanol–water partition coefficient (Wildman–Crippen LogP) is 4.52. The quantitative estimate of drug-likeness (QED) is 0.802. The molecule has 3 rings (SSSR count). The molecule has 0 spiro atoms. The van der Waals surface area contributed by atoms with Crippen molar-refractivity contribution in [3.8, 4) is 0 Å². The minimum absolute atomic E-state index is 0.00990. The van der Waals surface area contributed by atoms with Crippen molar-refractivity contribution in [3.63, 3.8) is 0 Å². The number of carbonyl (C=O) groups is 2. The van der Waals surface area contributed by atoms with E-state index in [-0.39, 0.29) is 17.7 Å².